The second-order valence-corrected chi connectivity index (χ2v) is 4.86. The number of hydrogen-bond acceptors (Lipinski definition) is 4. The van der Waals surface area contributed by atoms with Gasteiger partial charge in [0.2, 0.25) is 5.03 Å². The average molecular weight is 248 g/mol. The number of nitrogens with zero attached hydrogens (tertiary/aromatic N) is 2. The van der Waals surface area contributed by atoms with Crippen LogP contribution in [0.2, 0.25) is 0 Å². The van der Waals surface area contributed by atoms with Gasteiger partial charge in [-0.05, 0) is 12.1 Å². The van der Waals surface area contributed by atoms with Crippen LogP contribution < -0.4 is 0 Å². The highest BCUT2D eigenvalue weighted by Gasteiger charge is 2.26. The van der Waals surface area contributed by atoms with Crippen LogP contribution in [0.5, 0.6) is 0 Å². The van der Waals surface area contributed by atoms with Gasteiger partial charge in [0.1, 0.15) is 0 Å². The first-order chi connectivity index (χ1) is 7.54. The zero-order valence-electron chi connectivity index (χ0n) is 8.80. The van der Waals surface area contributed by atoms with Gasteiger partial charge in [-0.1, -0.05) is 6.92 Å². The van der Waals surface area contributed by atoms with Crippen LogP contribution in [-0.2, 0) is 10.0 Å². The molecule has 1 rings (SSSR count). The van der Waals surface area contributed by atoms with Crippen LogP contribution in [0.4, 0.5) is 4.39 Å². The Balaban J connectivity index is 3.15. The average Bonchev–Trinajstić information content (AvgIpc) is 2.26. The molecule has 0 bridgehead atoms. The molecular formula is C9H13FN2O3S. The Morgan fingerprint density at radius 3 is 2.75 bits per heavy atom. The van der Waals surface area contributed by atoms with Crippen LogP contribution in [0.25, 0.3) is 0 Å². The Hall–Kier alpha value is -1.05. The van der Waals surface area contributed by atoms with Crippen LogP contribution in [0.15, 0.2) is 23.4 Å². The Bertz CT molecular complexity index is 450. The van der Waals surface area contributed by atoms with Gasteiger partial charge in [-0.25, -0.2) is 17.8 Å². The first kappa shape index (κ1) is 13.0. The predicted octanol–water partition coefficient (Wildman–Crippen LogP) is 0.224. The van der Waals surface area contributed by atoms with Gasteiger partial charge in [-0.3, -0.25) is 0 Å². The van der Waals surface area contributed by atoms with Crippen molar-refractivity contribution in [2.45, 2.75) is 11.9 Å². The summed E-state index contributed by atoms with van der Waals surface area (Å²) < 4.78 is 38.0. The van der Waals surface area contributed by atoms with E-state index in [2.05, 4.69) is 4.98 Å². The molecule has 1 aromatic rings. The number of halogens is 1. The minimum Gasteiger partial charge on any atom is -0.395 e. The predicted molar refractivity (Wildman–Crippen MR) is 55.7 cm³/mol. The number of rotatable bonds is 5. The molecule has 90 valence electrons. The van der Waals surface area contributed by atoms with Crippen molar-refractivity contribution in [1.82, 2.24) is 9.29 Å². The van der Waals surface area contributed by atoms with E-state index in [0.29, 0.717) is 0 Å². The molecule has 0 aliphatic rings. The minimum atomic E-state index is -3.96. The maximum absolute atomic E-state index is 13.3. The van der Waals surface area contributed by atoms with Crippen molar-refractivity contribution in [2.75, 3.05) is 19.7 Å². The Labute approximate surface area is 93.6 Å². The molecule has 1 N–H and O–H groups in total. The standard InChI is InChI=1S/C9H13FN2O3S/c1-2-12(6-7-13)16(14,15)9-8(10)4-3-5-11-9/h3-5,13H,2,6-7H2,1H3. The van der Waals surface area contributed by atoms with E-state index >= 15 is 0 Å². The van der Waals surface area contributed by atoms with Crippen molar-refractivity contribution < 1.29 is 17.9 Å². The molecule has 1 aromatic heterocycles. The van der Waals surface area contributed by atoms with Crippen molar-refractivity contribution in [3.63, 3.8) is 0 Å². The number of aliphatic hydroxyl groups excluding tert-OH is 1. The molecule has 1 heterocycles. The summed E-state index contributed by atoms with van der Waals surface area (Å²) in [5.74, 6) is -0.890. The summed E-state index contributed by atoms with van der Waals surface area (Å²) in [4.78, 5) is 3.51. The second kappa shape index (κ2) is 5.33. The van der Waals surface area contributed by atoms with Crippen LogP contribution in [0.1, 0.15) is 6.92 Å². The zero-order chi connectivity index (χ0) is 12.2. The van der Waals surface area contributed by atoms with Crippen molar-refractivity contribution in [3.8, 4) is 0 Å². The van der Waals surface area contributed by atoms with Gasteiger partial charge in [-0.2, -0.15) is 4.31 Å². The van der Waals surface area contributed by atoms with E-state index in [1.165, 1.54) is 12.3 Å². The van der Waals surface area contributed by atoms with E-state index in [0.717, 1.165) is 10.4 Å². The lowest BCUT2D eigenvalue weighted by Gasteiger charge is -2.18. The third-order valence-electron chi connectivity index (χ3n) is 2.01. The van der Waals surface area contributed by atoms with Crippen LogP contribution >= 0.6 is 0 Å². The quantitative estimate of drug-likeness (QED) is 0.809. The van der Waals surface area contributed by atoms with Gasteiger partial charge in [0.15, 0.2) is 5.82 Å². The number of likely N-dealkylation sites (N-methyl/N-ethyl adjacent to an activating group) is 1. The highest BCUT2D eigenvalue weighted by Crippen LogP contribution is 2.15. The van der Waals surface area contributed by atoms with Crippen LogP contribution in [0.3, 0.4) is 0 Å². The fraction of sp³-hybridized carbons (Fsp3) is 0.444. The number of hydrogen-bond donors (Lipinski definition) is 1. The topological polar surface area (TPSA) is 70.5 Å². The lowest BCUT2D eigenvalue weighted by Crippen LogP contribution is -2.34. The molecule has 0 atom stereocenters. The summed E-state index contributed by atoms with van der Waals surface area (Å²) in [6, 6.07) is 2.35. The molecule has 0 radical (unpaired) electrons. The van der Waals surface area contributed by atoms with E-state index in [-0.39, 0.29) is 19.7 Å². The van der Waals surface area contributed by atoms with Gasteiger partial charge in [0.25, 0.3) is 10.0 Å². The van der Waals surface area contributed by atoms with E-state index in [9.17, 15) is 12.8 Å². The summed E-state index contributed by atoms with van der Waals surface area (Å²) in [6.07, 6.45) is 1.21. The monoisotopic (exact) mass is 248 g/mol. The van der Waals surface area contributed by atoms with Gasteiger partial charge < -0.3 is 5.11 Å². The maximum atomic E-state index is 13.3. The van der Waals surface area contributed by atoms with Gasteiger partial charge in [-0.15, -0.1) is 0 Å². The third kappa shape index (κ3) is 2.55. The SMILES string of the molecule is CCN(CCO)S(=O)(=O)c1ncccc1F. The largest absolute Gasteiger partial charge is 0.395 e. The molecule has 0 aliphatic carbocycles. The highest BCUT2D eigenvalue weighted by molar-refractivity contribution is 7.89. The van der Waals surface area contributed by atoms with E-state index < -0.39 is 20.9 Å². The van der Waals surface area contributed by atoms with Gasteiger partial charge >= 0.3 is 0 Å². The summed E-state index contributed by atoms with van der Waals surface area (Å²) in [6.45, 7) is 1.36. The smallest absolute Gasteiger partial charge is 0.263 e. The van der Waals surface area contributed by atoms with Gasteiger partial charge in [0, 0.05) is 19.3 Å². The molecule has 0 saturated heterocycles. The molecule has 7 heteroatoms. The zero-order valence-corrected chi connectivity index (χ0v) is 9.61. The summed E-state index contributed by atoms with van der Waals surface area (Å²) >= 11 is 0. The molecular weight excluding hydrogens is 235 g/mol. The van der Waals surface area contributed by atoms with Crippen LogP contribution in [-0.4, -0.2) is 42.5 Å². The maximum Gasteiger partial charge on any atom is 0.263 e. The Morgan fingerprint density at radius 1 is 1.56 bits per heavy atom. The molecule has 0 fully saturated rings. The molecule has 0 aliphatic heterocycles. The van der Waals surface area contributed by atoms with Crippen molar-refractivity contribution in [1.29, 1.82) is 0 Å². The first-order valence-corrected chi connectivity index (χ1v) is 6.19. The molecule has 0 aromatic carbocycles. The highest BCUT2D eigenvalue weighted by atomic mass is 32.2. The van der Waals surface area contributed by atoms with Gasteiger partial charge in [0.05, 0.1) is 6.61 Å². The van der Waals surface area contributed by atoms with Crippen LogP contribution in [0, 0.1) is 5.82 Å². The number of aromatic nitrogens is 1. The van der Waals surface area contributed by atoms with Crippen molar-refractivity contribution in [3.05, 3.63) is 24.1 Å². The minimum absolute atomic E-state index is 0.0746. The fourth-order valence-electron chi connectivity index (χ4n) is 1.24. The normalized spacial score (nSPS) is 12.0. The molecule has 0 saturated carbocycles. The number of aliphatic hydroxyl groups is 1. The summed E-state index contributed by atoms with van der Waals surface area (Å²) in [7, 11) is -3.96. The number of sulfonamides is 1. The lowest BCUT2D eigenvalue weighted by atomic mass is 10.5. The summed E-state index contributed by atoms with van der Waals surface area (Å²) in [5, 5.41) is 8.12. The molecule has 0 spiro atoms. The first-order valence-electron chi connectivity index (χ1n) is 4.75. The molecule has 5 nitrogen and oxygen atoms in total. The van der Waals surface area contributed by atoms with E-state index in [1.54, 1.807) is 6.92 Å². The van der Waals surface area contributed by atoms with E-state index in [1.807, 2.05) is 0 Å². The molecule has 0 amide bonds. The van der Waals surface area contributed by atoms with Crippen molar-refractivity contribution >= 4 is 10.0 Å². The second-order valence-electron chi connectivity index (χ2n) is 3.01. The fourth-order valence-corrected chi connectivity index (χ4v) is 2.66. The van der Waals surface area contributed by atoms with Crippen molar-refractivity contribution in [2.24, 2.45) is 0 Å². The molecule has 0 unspecified atom stereocenters. The number of pyridine rings is 1. The summed E-state index contributed by atoms with van der Waals surface area (Å²) in [5.41, 5.74) is 0. The molecule has 16 heavy (non-hydrogen) atoms. The Kier molecular flexibility index (Phi) is 4.34. The third-order valence-corrected chi connectivity index (χ3v) is 3.92. The Morgan fingerprint density at radius 2 is 2.25 bits per heavy atom. The lowest BCUT2D eigenvalue weighted by molar-refractivity contribution is 0.256. The van der Waals surface area contributed by atoms with E-state index in [4.69, 9.17) is 5.11 Å².